The molecular formula is C20H26N2O5S. The number of nitrogens with zero attached hydrogens (tertiary/aromatic N) is 1. The van der Waals surface area contributed by atoms with Gasteiger partial charge in [-0.05, 0) is 25.5 Å². The molecular weight excluding hydrogens is 380 g/mol. The molecule has 0 unspecified atom stereocenters. The predicted octanol–water partition coefficient (Wildman–Crippen LogP) is 2.81. The van der Waals surface area contributed by atoms with Crippen LogP contribution in [0.3, 0.4) is 0 Å². The Hall–Kier alpha value is -2.74. The van der Waals surface area contributed by atoms with E-state index in [1.54, 1.807) is 0 Å². The molecule has 7 nitrogen and oxygen atoms in total. The number of carbonyl (C=O) groups is 1. The highest BCUT2D eigenvalue weighted by atomic mass is 32.2. The van der Waals surface area contributed by atoms with Crippen LogP contribution in [-0.4, -0.2) is 40.8 Å². The molecule has 0 atom stereocenters. The molecule has 1 amide bonds. The molecule has 2 rings (SSSR count). The van der Waals surface area contributed by atoms with E-state index in [2.05, 4.69) is 5.32 Å². The number of sulfonamides is 1. The topological polar surface area (TPSA) is 84.9 Å². The summed E-state index contributed by atoms with van der Waals surface area (Å²) >= 11 is 0. The lowest BCUT2D eigenvalue weighted by molar-refractivity contribution is 0.0943. The fourth-order valence-electron chi connectivity index (χ4n) is 2.73. The van der Waals surface area contributed by atoms with Crippen LogP contribution >= 0.6 is 0 Å². The van der Waals surface area contributed by atoms with Crippen LogP contribution in [-0.2, 0) is 16.6 Å². The maximum Gasteiger partial charge on any atom is 0.253 e. The smallest absolute Gasteiger partial charge is 0.253 e. The molecule has 0 aliphatic carbocycles. The molecule has 8 heteroatoms. The summed E-state index contributed by atoms with van der Waals surface area (Å²) in [5.74, 6) is 0.279. The Kier molecular flexibility index (Phi) is 6.90. The number of hydrogen-bond donors (Lipinski definition) is 1. The van der Waals surface area contributed by atoms with Crippen LogP contribution in [0.25, 0.3) is 0 Å². The summed E-state index contributed by atoms with van der Waals surface area (Å²) in [6.07, 6.45) is 1.11. The summed E-state index contributed by atoms with van der Waals surface area (Å²) in [5, 5.41) is 2.80. The Morgan fingerprint density at radius 2 is 1.64 bits per heavy atom. The number of carbonyl (C=O) groups excluding carboxylic acids is 1. The summed E-state index contributed by atoms with van der Waals surface area (Å²) < 4.78 is 37.0. The third kappa shape index (κ3) is 5.16. The van der Waals surface area contributed by atoms with E-state index in [9.17, 15) is 13.2 Å². The number of anilines is 1. The number of nitrogens with one attached hydrogen (secondary N) is 1. The lowest BCUT2D eigenvalue weighted by Gasteiger charge is -2.26. The van der Waals surface area contributed by atoms with Gasteiger partial charge < -0.3 is 14.8 Å². The lowest BCUT2D eigenvalue weighted by Crippen LogP contribution is -2.34. The highest BCUT2D eigenvalue weighted by Gasteiger charge is 2.26. The first-order valence-corrected chi connectivity index (χ1v) is 10.6. The van der Waals surface area contributed by atoms with Crippen LogP contribution in [0.2, 0.25) is 0 Å². The van der Waals surface area contributed by atoms with Gasteiger partial charge in [0.1, 0.15) is 0 Å². The van der Waals surface area contributed by atoms with Crippen molar-refractivity contribution in [3.63, 3.8) is 0 Å². The third-order valence-electron chi connectivity index (χ3n) is 4.00. The van der Waals surface area contributed by atoms with Gasteiger partial charge in [-0.25, -0.2) is 8.42 Å². The number of amides is 1. The zero-order valence-electron chi connectivity index (χ0n) is 16.7. The molecule has 2 aromatic rings. The van der Waals surface area contributed by atoms with Gasteiger partial charge in [0.15, 0.2) is 11.5 Å². The van der Waals surface area contributed by atoms with Gasteiger partial charge >= 0.3 is 0 Å². The number of ether oxygens (including phenoxy) is 2. The van der Waals surface area contributed by atoms with Crippen molar-refractivity contribution in [1.29, 1.82) is 0 Å². The molecule has 0 fully saturated rings. The van der Waals surface area contributed by atoms with E-state index in [0.29, 0.717) is 11.5 Å². The lowest BCUT2D eigenvalue weighted by atomic mass is 10.1. The fourth-order valence-corrected chi connectivity index (χ4v) is 3.62. The van der Waals surface area contributed by atoms with Crippen LogP contribution < -0.4 is 19.1 Å². The maximum atomic E-state index is 12.8. The largest absolute Gasteiger partial charge is 0.493 e. The third-order valence-corrected chi connectivity index (χ3v) is 5.13. The summed E-state index contributed by atoms with van der Waals surface area (Å²) in [4.78, 5) is 12.8. The molecule has 0 radical (unpaired) electrons. The second-order valence-corrected chi connectivity index (χ2v) is 8.51. The maximum absolute atomic E-state index is 12.8. The minimum Gasteiger partial charge on any atom is -0.493 e. The van der Waals surface area contributed by atoms with E-state index < -0.39 is 15.9 Å². The zero-order valence-corrected chi connectivity index (χ0v) is 17.5. The summed E-state index contributed by atoms with van der Waals surface area (Å²) in [6, 6.07) is 12.1. The molecule has 1 N–H and O–H groups in total. The van der Waals surface area contributed by atoms with Crippen LogP contribution in [0.15, 0.2) is 42.5 Å². The molecule has 28 heavy (non-hydrogen) atoms. The zero-order chi connectivity index (χ0) is 20.9. The number of benzene rings is 2. The summed E-state index contributed by atoms with van der Waals surface area (Å²) in [5.41, 5.74) is 1.20. The van der Waals surface area contributed by atoms with Crippen molar-refractivity contribution in [2.45, 2.75) is 26.4 Å². The van der Waals surface area contributed by atoms with Crippen molar-refractivity contribution in [3.05, 3.63) is 53.6 Å². The SMILES string of the molecule is COc1cc(C(=O)NC(C)C)c(N(Cc2ccccc2)S(C)(=O)=O)cc1OC. The minimum atomic E-state index is -3.69. The normalized spacial score (nSPS) is 11.2. The quantitative estimate of drug-likeness (QED) is 0.729. The molecule has 152 valence electrons. The van der Waals surface area contributed by atoms with Crippen molar-refractivity contribution in [2.24, 2.45) is 0 Å². The Bertz CT molecular complexity index is 927. The Morgan fingerprint density at radius 1 is 1.07 bits per heavy atom. The van der Waals surface area contributed by atoms with E-state index in [0.717, 1.165) is 11.8 Å². The number of rotatable bonds is 8. The van der Waals surface area contributed by atoms with Crippen molar-refractivity contribution >= 4 is 21.6 Å². The second kappa shape index (κ2) is 8.97. The summed E-state index contributed by atoms with van der Waals surface area (Å²) in [7, 11) is -0.774. The monoisotopic (exact) mass is 406 g/mol. The fraction of sp³-hybridized carbons (Fsp3) is 0.350. The Morgan fingerprint density at radius 3 is 2.14 bits per heavy atom. The standard InChI is InChI=1S/C20H26N2O5S/c1-14(2)21-20(23)16-11-18(26-3)19(27-4)12-17(16)22(28(5,24)25)13-15-9-7-6-8-10-15/h6-12,14H,13H2,1-5H3,(H,21,23). The van der Waals surface area contributed by atoms with Crippen LogP contribution in [0.1, 0.15) is 29.8 Å². The van der Waals surface area contributed by atoms with E-state index in [-0.39, 0.29) is 23.8 Å². The predicted molar refractivity (Wildman–Crippen MR) is 110 cm³/mol. The number of hydrogen-bond acceptors (Lipinski definition) is 5. The molecule has 0 saturated heterocycles. The first-order valence-electron chi connectivity index (χ1n) is 8.76. The van der Waals surface area contributed by atoms with E-state index in [1.807, 2.05) is 44.2 Å². The van der Waals surface area contributed by atoms with Gasteiger partial charge in [0.2, 0.25) is 10.0 Å². The Balaban J connectivity index is 2.67. The molecule has 2 aromatic carbocycles. The van der Waals surface area contributed by atoms with Crippen molar-refractivity contribution < 1.29 is 22.7 Å². The highest BCUT2D eigenvalue weighted by Crippen LogP contribution is 2.37. The first kappa shape index (κ1) is 21.6. The average molecular weight is 407 g/mol. The van der Waals surface area contributed by atoms with Crippen LogP contribution in [0.5, 0.6) is 11.5 Å². The second-order valence-electron chi connectivity index (χ2n) is 6.61. The molecule has 0 aliphatic rings. The van der Waals surface area contributed by atoms with Crippen molar-refractivity contribution in [2.75, 3.05) is 24.8 Å². The average Bonchev–Trinajstić information content (AvgIpc) is 2.64. The van der Waals surface area contributed by atoms with Crippen LogP contribution in [0.4, 0.5) is 5.69 Å². The molecule has 0 spiro atoms. The van der Waals surface area contributed by atoms with E-state index >= 15 is 0 Å². The Labute approximate surface area is 166 Å². The van der Waals surface area contributed by atoms with Crippen LogP contribution in [0, 0.1) is 0 Å². The summed E-state index contributed by atoms with van der Waals surface area (Å²) in [6.45, 7) is 3.74. The molecule has 0 saturated carbocycles. The number of methoxy groups -OCH3 is 2. The van der Waals surface area contributed by atoms with Gasteiger partial charge in [0.25, 0.3) is 5.91 Å². The van der Waals surface area contributed by atoms with Gasteiger partial charge in [-0.1, -0.05) is 30.3 Å². The van der Waals surface area contributed by atoms with E-state index in [1.165, 1.54) is 30.7 Å². The van der Waals surface area contributed by atoms with Gasteiger partial charge in [-0.3, -0.25) is 9.10 Å². The van der Waals surface area contributed by atoms with Gasteiger partial charge in [-0.15, -0.1) is 0 Å². The van der Waals surface area contributed by atoms with Crippen molar-refractivity contribution in [1.82, 2.24) is 5.32 Å². The minimum absolute atomic E-state index is 0.0805. The van der Waals surface area contributed by atoms with E-state index in [4.69, 9.17) is 9.47 Å². The van der Waals surface area contributed by atoms with Gasteiger partial charge in [0.05, 0.1) is 38.3 Å². The highest BCUT2D eigenvalue weighted by molar-refractivity contribution is 7.92. The van der Waals surface area contributed by atoms with Gasteiger partial charge in [-0.2, -0.15) is 0 Å². The molecule has 0 aliphatic heterocycles. The molecule has 0 heterocycles. The molecule has 0 bridgehead atoms. The van der Waals surface area contributed by atoms with Gasteiger partial charge in [0, 0.05) is 12.1 Å². The molecule has 0 aromatic heterocycles. The van der Waals surface area contributed by atoms with Crippen molar-refractivity contribution in [3.8, 4) is 11.5 Å². The first-order chi connectivity index (χ1) is 13.2.